The number of nitrogens with zero attached hydrogens (tertiary/aromatic N) is 2. The summed E-state index contributed by atoms with van der Waals surface area (Å²) in [5.41, 5.74) is 0. The van der Waals surface area contributed by atoms with Crippen LogP contribution in [-0.2, 0) is 9.53 Å². The number of Topliss-reactive ketones (excluding diaryl/α,β-unsaturated/α-hetero) is 1. The Hall–Kier alpha value is -0.490. The Kier molecular flexibility index (Phi) is 8.67. The van der Waals surface area contributed by atoms with Crippen LogP contribution in [0.4, 0.5) is 0 Å². The molecule has 2 fully saturated rings. The predicted molar refractivity (Wildman–Crippen MR) is 101 cm³/mol. The molecule has 1 N–H and O–H groups in total. The molecule has 0 aromatic heterocycles. The number of nitrogens with one attached hydrogen (secondary N) is 1. The third-order valence-electron chi connectivity index (χ3n) is 5.33. The summed E-state index contributed by atoms with van der Waals surface area (Å²) in [4.78, 5) is 16.7. The molecule has 0 aliphatic carbocycles. The minimum atomic E-state index is 0. The van der Waals surface area contributed by atoms with Crippen LogP contribution in [0.25, 0.3) is 0 Å². The highest BCUT2D eigenvalue weighted by atomic mass is 16.5. The quantitative estimate of drug-likeness (QED) is 0.650. The van der Waals surface area contributed by atoms with Crippen molar-refractivity contribution >= 4 is 5.78 Å². The van der Waals surface area contributed by atoms with Crippen molar-refractivity contribution in [3.8, 4) is 0 Å². The normalized spacial score (nSPS) is 22.3. The molecule has 5 heteroatoms. The maximum atomic E-state index is 11.9. The molecule has 0 atom stereocenters. The number of ether oxygens (including phenoxy) is 1. The van der Waals surface area contributed by atoms with Gasteiger partial charge in [-0.3, -0.25) is 9.69 Å². The molecule has 0 aromatic carbocycles. The summed E-state index contributed by atoms with van der Waals surface area (Å²) in [5, 5.41) is 3.40. The van der Waals surface area contributed by atoms with Gasteiger partial charge in [-0.2, -0.15) is 0 Å². The van der Waals surface area contributed by atoms with Gasteiger partial charge in [-0.25, -0.2) is 0 Å². The Labute approximate surface area is 149 Å². The van der Waals surface area contributed by atoms with Gasteiger partial charge in [0.2, 0.25) is 0 Å². The molecule has 24 heavy (non-hydrogen) atoms. The number of rotatable bonds is 9. The molecular formula is C19H39N3O2. The van der Waals surface area contributed by atoms with Gasteiger partial charge < -0.3 is 15.0 Å². The first-order valence-corrected chi connectivity index (χ1v) is 9.92. The molecular weight excluding hydrogens is 302 g/mol. The highest BCUT2D eigenvalue weighted by Crippen LogP contribution is 2.21. The number of hydrogen-bond acceptors (Lipinski definition) is 5. The maximum absolute atomic E-state index is 11.9. The van der Waals surface area contributed by atoms with Gasteiger partial charge in [0.25, 0.3) is 0 Å². The first-order chi connectivity index (χ1) is 11.6. The van der Waals surface area contributed by atoms with E-state index in [0.29, 0.717) is 24.5 Å². The summed E-state index contributed by atoms with van der Waals surface area (Å²) in [6.45, 7) is 14.4. The van der Waals surface area contributed by atoms with Crippen molar-refractivity contribution in [1.29, 1.82) is 0 Å². The monoisotopic (exact) mass is 341 g/mol. The van der Waals surface area contributed by atoms with Crippen molar-refractivity contribution in [3.05, 3.63) is 0 Å². The second kappa shape index (κ2) is 10.5. The zero-order valence-corrected chi connectivity index (χ0v) is 15.9. The van der Waals surface area contributed by atoms with Crippen molar-refractivity contribution < 1.29 is 11.0 Å². The number of likely N-dealkylation sites (N-methyl/N-ethyl adjacent to an activating group) is 1. The lowest BCUT2D eigenvalue weighted by Gasteiger charge is -2.37. The predicted octanol–water partition coefficient (Wildman–Crippen LogP) is 2.01. The molecule has 0 saturated carbocycles. The minimum Gasteiger partial charge on any atom is -0.375 e. The van der Waals surface area contributed by atoms with Crippen LogP contribution in [0.5, 0.6) is 0 Å². The lowest BCUT2D eigenvalue weighted by Crippen LogP contribution is -2.44. The smallest absolute Gasteiger partial charge is 0.149 e. The lowest BCUT2D eigenvalue weighted by atomic mass is 10.0. The van der Waals surface area contributed by atoms with Gasteiger partial charge in [-0.15, -0.1) is 0 Å². The zero-order valence-electron chi connectivity index (χ0n) is 15.9. The van der Waals surface area contributed by atoms with E-state index in [0.717, 1.165) is 71.5 Å². The van der Waals surface area contributed by atoms with E-state index in [9.17, 15) is 4.79 Å². The Balaban J connectivity index is 0.00000312. The Bertz CT molecular complexity index is 366. The maximum Gasteiger partial charge on any atom is 0.149 e. The van der Waals surface area contributed by atoms with Gasteiger partial charge in [-0.1, -0.05) is 20.8 Å². The van der Waals surface area contributed by atoms with Crippen LogP contribution in [0.3, 0.4) is 0 Å². The van der Waals surface area contributed by atoms with E-state index in [1.54, 1.807) is 0 Å². The van der Waals surface area contributed by atoms with Gasteiger partial charge in [-0.05, 0) is 32.2 Å². The van der Waals surface area contributed by atoms with Crippen LogP contribution in [0.1, 0.15) is 47.9 Å². The summed E-state index contributed by atoms with van der Waals surface area (Å²) in [6.07, 6.45) is 5.32. The number of hydrogen-bond donors (Lipinski definition) is 1. The third kappa shape index (κ3) is 6.79. The van der Waals surface area contributed by atoms with Crippen molar-refractivity contribution in [2.45, 2.75) is 58.7 Å². The van der Waals surface area contributed by atoms with Gasteiger partial charge >= 0.3 is 0 Å². The van der Waals surface area contributed by atoms with E-state index in [2.05, 4.69) is 22.0 Å². The highest BCUT2D eigenvalue weighted by Gasteiger charge is 2.26. The number of likely N-dealkylation sites (tertiary alicyclic amines) is 2. The largest absolute Gasteiger partial charge is 0.375 e. The molecule has 2 aliphatic heterocycles. The SMILES string of the molecule is CCNCCN1CCC(OC2CCN(CC(=O)C(C)C)CC2)CC1.[HH]. The molecule has 2 saturated heterocycles. The second-order valence-electron chi connectivity index (χ2n) is 7.63. The fourth-order valence-electron chi connectivity index (χ4n) is 3.56. The van der Waals surface area contributed by atoms with E-state index < -0.39 is 0 Å². The van der Waals surface area contributed by atoms with Gasteiger partial charge in [0.05, 0.1) is 18.8 Å². The molecule has 0 unspecified atom stereocenters. The molecule has 5 nitrogen and oxygen atoms in total. The van der Waals surface area contributed by atoms with Crippen LogP contribution in [-0.4, -0.2) is 80.1 Å². The van der Waals surface area contributed by atoms with Crippen LogP contribution in [0.15, 0.2) is 0 Å². The van der Waals surface area contributed by atoms with E-state index >= 15 is 0 Å². The first kappa shape index (κ1) is 19.8. The molecule has 2 aliphatic rings. The molecule has 0 bridgehead atoms. The van der Waals surface area contributed by atoms with E-state index in [4.69, 9.17) is 4.74 Å². The van der Waals surface area contributed by atoms with E-state index in [1.807, 2.05) is 13.8 Å². The van der Waals surface area contributed by atoms with Crippen LogP contribution in [0, 0.1) is 5.92 Å². The highest BCUT2D eigenvalue weighted by molar-refractivity contribution is 5.82. The third-order valence-corrected chi connectivity index (χ3v) is 5.33. The molecule has 142 valence electrons. The summed E-state index contributed by atoms with van der Waals surface area (Å²) >= 11 is 0. The molecule has 0 aromatic rings. The molecule has 0 amide bonds. The van der Waals surface area contributed by atoms with Crippen molar-refractivity contribution in [3.63, 3.8) is 0 Å². The summed E-state index contributed by atoms with van der Waals surface area (Å²) in [5.74, 6) is 0.510. The van der Waals surface area contributed by atoms with Crippen LogP contribution >= 0.6 is 0 Å². The molecule has 2 heterocycles. The van der Waals surface area contributed by atoms with E-state index in [1.165, 1.54) is 0 Å². The number of ketones is 1. The fourth-order valence-corrected chi connectivity index (χ4v) is 3.56. The Morgan fingerprint density at radius 1 is 1.08 bits per heavy atom. The Morgan fingerprint density at radius 2 is 1.62 bits per heavy atom. The van der Waals surface area contributed by atoms with Gasteiger partial charge in [0.15, 0.2) is 0 Å². The zero-order chi connectivity index (χ0) is 17.4. The molecule has 2 rings (SSSR count). The summed E-state index contributed by atoms with van der Waals surface area (Å²) < 4.78 is 6.35. The fraction of sp³-hybridized carbons (Fsp3) is 0.947. The summed E-state index contributed by atoms with van der Waals surface area (Å²) in [7, 11) is 0. The Morgan fingerprint density at radius 3 is 2.12 bits per heavy atom. The molecule has 0 radical (unpaired) electrons. The average Bonchev–Trinajstić information content (AvgIpc) is 2.58. The van der Waals surface area contributed by atoms with Crippen molar-refractivity contribution in [2.75, 3.05) is 52.4 Å². The van der Waals surface area contributed by atoms with Crippen molar-refractivity contribution in [1.82, 2.24) is 15.1 Å². The number of carbonyl (C=O) groups is 1. The average molecular weight is 342 g/mol. The minimum absolute atomic E-state index is 0. The number of piperidine rings is 2. The summed E-state index contributed by atoms with van der Waals surface area (Å²) in [6, 6.07) is 0. The van der Waals surface area contributed by atoms with Crippen molar-refractivity contribution in [2.24, 2.45) is 5.92 Å². The van der Waals surface area contributed by atoms with Gasteiger partial charge in [0, 0.05) is 46.6 Å². The lowest BCUT2D eigenvalue weighted by molar-refractivity contribution is -0.124. The second-order valence-corrected chi connectivity index (χ2v) is 7.63. The van der Waals surface area contributed by atoms with E-state index in [-0.39, 0.29) is 7.34 Å². The van der Waals surface area contributed by atoms with Gasteiger partial charge in [0.1, 0.15) is 5.78 Å². The van der Waals surface area contributed by atoms with Crippen LogP contribution in [0.2, 0.25) is 0 Å². The first-order valence-electron chi connectivity index (χ1n) is 9.92. The molecule has 0 spiro atoms. The van der Waals surface area contributed by atoms with Crippen LogP contribution < -0.4 is 5.32 Å². The topological polar surface area (TPSA) is 44.8 Å². The number of carbonyl (C=O) groups excluding carboxylic acids is 1. The standard InChI is InChI=1S/C19H37N3O2.H2/c1-4-20-9-14-21-10-5-17(6-11-21)24-18-7-12-22(13-8-18)15-19(23)16(2)3;/h16-18,20H,4-15H2,1-3H3;1H.